The van der Waals surface area contributed by atoms with Gasteiger partial charge in [0, 0.05) is 43.3 Å². The first-order chi connectivity index (χ1) is 11.2. The van der Waals surface area contributed by atoms with E-state index in [-0.39, 0.29) is 0 Å². The molecule has 4 heteroatoms. The molecular formula is C19H27NO3. The van der Waals surface area contributed by atoms with Crippen molar-refractivity contribution in [1.29, 1.82) is 0 Å². The summed E-state index contributed by atoms with van der Waals surface area (Å²) in [5.41, 5.74) is 2.59. The van der Waals surface area contributed by atoms with Crippen LogP contribution in [0.25, 0.3) is 0 Å². The Labute approximate surface area is 138 Å². The summed E-state index contributed by atoms with van der Waals surface area (Å²) in [6.07, 6.45) is 11.4. The fourth-order valence-electron chi connectivity index (χ4n) is 3.64. The van der Waals surface area contributed by atoms with Crippen molar-refractivity contribution in [1.82, 2.24) is 4.90 Å². The van der Waals surface area contributed by atoms with E-state index in [4.69, 9.17) is 4.74 Å². The van der Waals surface area contributed by atoms with Gasteiger partial charge in [0.05, 0.1) is 0 Å². The molecule has 3 aliphatic rings. The molecule has 0 aromatic carbocycles. The molecule has 3 rings (SSSR count). The molecule has 0 amide bonds. The second-order valence-corrected chi connectivity index (χ2v) is 7.10. The number of hydrogen-bond acceptors (Lipinski definition) is 4. The maximum Gasteiger partial charge on any atom is 0.150 e. The average molecular weight is 317 g/mol. The normalized spacial score (nSPS) is 29.7. The molecule has 0 spiro atoms. The van der Waals surface area contributed by atoms with Gasteiger partial charge in [0.25, 0.3) is 0 Å². The van der Waals surface area contributed by atoms with Gasteiger partial charge in [-0.25, -0.2) is 0 Å². The lowest BCUT2D eigenvalue weighted by molar-refractivity contribution is -0.105. The zero-order chi connectivity index (χ0) is 16.2. The van der Waals surface area contributed by atoms with Gasteiger partial charge < -0.3 is 14.7 Å². The zero-order valence-corrected chi connectivity index (χ0v) is 13.9. The molecule has 1 N–H and O–H groups in total. The highest BCUT2D eigenvalue weighted by Gasteiger charge is 2.27. The van der Waals surface area contributed by atoms with Gasteiger partial charge in [-0.1, -0.05) is 13.0 Å². The molecule has 1 aliphatic carbocycles. The third-order valence-electron chi connectivity index (χ3n) is 5.22. The standard InChI is InChI=1S/C19H27NO3/c1-14-2-4-16(5-3-14)18-12-20(11-17(13-21)19(18)22)10-15-6-8-23-9-7-15/h4,11-15,19,22H,2-3,5-10H2,1H3/t14-,19?/m1/s1. The Bertz CT molecular complexity index is 529. The van der Waals surface area contributed by atoms with Crippen LogP contribution in [-0.4, -0.2) is 42.2 Å². The summed E-state index contributed by atoms with van der Waals surface area (Å²) < 4.78 is 5.42. The van der Waals surface area contributed by atoms with E-state index in [1.54, 1.807) is 0 Å². The van der Waals surface area contributed by atoms with E-state index in [0.717, 1.165) is 63.7 Å². The molecule has 2 atom stereocenters. The van der Waals surface area contributed by atoms with E-state index in [1.807, 2.05) is 6.20 Å². The first-order valence-electron chi connectivity index (χ1n) is 8.77. The average Bonchev–Trinajstić information content (AvgIpc) is 2.58. The summed E-state index contributed by atoms with van der Waals surface area (Å²) in [7, 11) is 0. The van der Waals surface area contributed by atoms with E-state index in [9.17, 15) is 9.90 Å². The molecule has 0 radical (unpaired) electrons. The van der Waals surface area contributed by atoms with E-state index < -0.39 is 6.10 Å². The molecule has 0 bridgehead atoms. The number of carbonyl (C=O) groups is 1. The number of ether oxygens (including phenoxy) is 1. The van der Waals surface area contributed by atoms with Crippen LogP contribution < -0.4 is 0 Å². The van der Waals surface area contributed by atoms with Crippen LogP contribution in [0, 0.1) is 11.8 Å². The lowest BCUT2D eigenvalue weighted by Crippen LogP contribution is -2.32. The van der Waals surface area contributed by atoms with Crippen LogP contribution in [0.3, 0.4) is 0 Å². The number of hydrogen-bond donors (Lipinski definition) is 1. The quantitative estimate of drug-likeness (QED) is 0.810. The highest BCUT2D eigenvalue weighted by Crippen LogP contribution is 2.33. The molecular weight excluding hydrogens is 290 g/mol. The Morgan fingerprint density at radius 2 is 2.09 bits per heavy atom. The predicted molar refractivity (Wildman–Crippen MR) is 89.6 cm³/mol. The largest absolute Gasteiger partial charge is 0.383 e. The minimum absolute atomic E-state index is 0.467. The van der Waals surface area contributed by atoms with Crippen molar-refractivity contribution < 1.29 is 14.6 Å². The molecule has 1 saturated heterocycles. The van der Waals surface area contributed by atoms with Crippen LogP contribution in [0.2, 0.25) is 0 Å². The van der Waals surface area contributed by atoms with Crippen LogP contribution in [0.4, 0.5) is 0 Å². The van der Waals surface area contributed by atoms with Gasteiger partial charge in [0.1, 0.15) is 12.4 Å². The summed E-state index contributed by atoms with van der Waals surface area (Å²) in [6, 6.07) is 0. The number of aldehydes is 1. The van der Waals surface area contributed by atoms with Gasteiger partial charge in [-0.3, -0.25) is 4.79 Å². The van der Waals surface area contributed by atoms with Gasteiger partial charge in [0.2, 0.25) is 0 Å². The maximum absolute atomic E-state index is 11.4. The number of carbonyl (C=O) groups excluding carboxylic acids is 1. The van der Waals surface area contributed by atoms with Crippen molar-refractivity contribution in [3.05, 3.63) is 35.2 Å². The third kappa shape index (κ3) is 3.93. The number of aliphatic hydroxyl groups excluding tert-OH is 1. The highest BCUT2D eigenvalue weighted by molar-refractivity contribution is 5.77. The van der Waals surface area contributed by atoms with Crippen molar-refractivity contribution in [2.45, 2.75) is 45.1 Å². The van der Waals surface area contributed by atoms with Crippen molar-refractivity contribution in [2.75, 3.05) is 19.8 Å². The summed E-state index contributed by atoms with van der Waals surface area (Å²) in [4.78, 5) is 13.5. The first kappa shape index (κ1) is 16.5. The predicted octanol–water partition coefficient (Wildman–Crippen LogP) is 2.80. The highest BCUT2D eigenvalue weighted by atomic mass is 16.5. The van der Waals surface area contributed by atoms with Crippen molar-refractivity contribution >= 4 is 6.29 Å². The van der Waals surface area contributed by atoms with Gasteiger partial charge in [-0.15, -0.1) is 0 Å². The van der Waals surface area contributed by atoms with Gasteiger partial charge in [-0.2, -0.15) is 0 Å². The van der Waals surface area contributed by atoms with E-state index in [0.29, 0.717) is 17.4 Å². The van der Waals surface area contributed by atoms with E-state index in [1.165, 1.54) is 5.57 Å². The number of nitrogens with zero attached hydrogens (tertiary/aromatic N) is 1. The number of allylic oxidation sites excluding steroid dienone is 1. The van der Waals surface area contributed by atoms with Gasteiger partial charge in [-0.05, 0) is 49.5 Å². The SMILES string of the molecule is C[C@@H]1CC=C(C2=CN(CC3CCOCC3)C=C(C=O)C2O)CC1. The van der Waals surface area contributed by atoms with Crippen LogP contribution in [0.5, 0.6) is 0 Å². The molecule has 0 saturated carbocycles. The van der Waals surface area contributed by atoms with E-state index in [2.05, 4.69) is 24.1 Å². The molecule has 4 nitrogen and oxygen atoms in total. The van der Waals surface area contributed by atoms with Crippen molar-refractivity contribution in [2.24, 2.45) is 11.8 Å². The summed E-state index contributed by atoms with van der Waals surface area (Å²) in [6.45, 7) is 4.80. The van der Waals surface area contributed by atoms with Crippen molar-refractivity contribution in [3.8, 4) is 0 Å². The summed E-state index contributed by atoms with van der Waals surface area (Å²) >= 11 is 0. The topological polar surface area (TPSA) is 49.8 Å². The Balaban J connectivity index is 1.77. The first-order valence-corrected chi connectivity index (χ1v) is 8.77. The second kappa shape index (κ2) is 7.45. The Morgan fingerprint density at radius 1 is 1.30 bits per heavy atom. The minimum Gasteiger partial charge on any atom is -0.383 e. The minimum atomic E-state index is -0.780. The maximum atomic E-state index is 11.4. The molecule has 2 aliphatic heterocycles. The molecule has 2 heterocycles. The molecule has 1 fully saturated rings. The lowest BCUT2D eigenvalue weighted by Gasteiger charge is -2.33. The number of rotatable bonds is 4. The van der Waals surface area contributed by atoms with Gasteiger partial charge in [0.15, 0.2) is 0 Å². The molecule has 126 valence electrons. The Morgan fingerprint density at radius 3 is 2.74 bits per heavy atom. The molecule has 23 heavy (non-hydrogen) atoms. The van der Waals surface area contributed by atoms with E-state index >= 15 is 0 Å². The lowest BCUT2D eigenvalue weighted by atomic mass is 9.84. The van der Waals surface area contributed by atoms with Crippen molar-refractivity contribution in [3.63, 3.8) is 0 Å². The van der Waals surface area contributed by atoms with Crippen LogP contribution in [0.1, 0.15) is 39.0 Å². The Hall–Kier alpha value is -1.39. The van der Waals surface area contributed by atoms with Crippen LogP contribution >= 0.6 is 0 Å². The third-order valence-corrected chi connectivity index (χ3v) is 5.22. The second-order valence-electron chi connectivity index (χ2n) is 7.10. The fourth-order valence-corrected chi connectivity index (χ4v) is 3.64. The van der Waals surface area contributed by atoms with Gasteiger partial charge >= 0.3 is 0 Å². The zero-order valence-electron chi connectivity index (χ0n) is 13.9. The van der Waals surface area contributed by atoms with Crippen LogP contribution in [-0.2, 0) is 9.53 Å². The Kier molecular flexibility index (Phi) is 5.34. The molecule has 0 aromatic rings. The fraction of sp³-hybridized carbons (Fsp3) is 0.632. The smallest absolute Gasteiger partial charge is 0.150 e. The summed E-state index contributed by atoms with van der Waals surface area (Å²) in [5, 5.41) is 10.5. The molecule has 0 aromatic heterocycles. The summed E-state index contributed by atoms with van der Waals surface area (Å²) in [5.74, 6) is 1.29. The molecule has 1 unspecified atom stereocenters. The number of aliphatic hydroxyl groups is 1. The van der Waals surface area contributed by atoms with Crippen LogP contribution in [0.15, 0.2) is 35.2 Å². The monoisotopic (exact) mass is 317 g/mol.